The van der Waals surface area contributed by atoms with E-state index in [-0.39, 0.29) is 5.91 Å². The van der Waals surface area contributed by atoms with E-state index >= 15 is 0 Å². The minimum atomic E-state index is -0.260. The number of nitrogens with one attached hydrogen (secondary N) is 1. The monoisotopic (exact) mass is 366 g/mol. The maximum Gasteiger partial charge on any atom is 0.257 e. The zero-order valence-electron chi connectivity index (χ0n) is 12.3. The van der Waals surface area contributed by atoms with Crippen molar-refractivity contribution in [1.29, 1.82) is 0 Å². The first-order chi connectivity index (χ1) is 11.0. The van der Waals surface area contributed by atoms with Crippen molar-refractivity contribution >= 4 is 55.8 Å². The highest BCUT2D eigenvalue weighted by Crippen LogP contribution is 2.34. The number of hydrogen-bond donors (Lipinski definition) is 1. The van der Waals surface area contributed by atoms with Gasteiger partial charge in [0.15, 0.2) is 5.13 Å². The van der Waals surface area contributed by atoms with Crippen molar-refractivity contribution in [3.63, 3.8) is 0 Å². The van der Waals surface area contributed by atoms with Crippen LogP contribution in [0.5, 0.6) is 5.75 Å². The van der Waals surface area contributed by atoms with E-state index < -0.39 is 0 Å². The predicted molar refractivity (Wildman–Crippen MR) is 95.3 cm³/mol. The predicted octanol–water partition coefficient (Wildman–Crippen LogP) is 5.17. The summed E-state index contributed by atoms with van der Waals surface area (Å²) in [5.41, 5.74) is 2.11. The number of methoxy groups -OCH3 is 1. The Morgan fingerprint density at radius 3 is 2.70 bits per heavy atom. The summed E-state index contributed by atoms with van der Waals surface area (Å²) in [6.07, 6.45) is 0. The molecule has 1 aromatic heterocycles. The standard InChI is InChI=1S/C16H12Cl2N2O2S/c1-8-3-4-9(5-10(8)17)15(21)20-16-19-12-6-11(18)13(22-2)7-14(12)23-16/h3-7H,1-2H3,(H,19,20,21). The Morgan fingerprint density at radius 1 is 1.22 bits per heavy atom. The van der Waals surface area contributed by atoms with Crippen molar-refractivity contribution in [2.45, 2.75) is 6.92 Å². The molecule has 0 aliphatic carbocycles. The fraction of sp³-hybridized carbons (Fsp3) is 0.125. The Balaban J connectivity index is 1.88. The molecule has 1 amide bonds. The van der Waals surface area contributed by atoms with Crippen LogP contribution in [0.2, 0.25) is 10.0 Å². The molecule has 1 heterocycles. The molecular formula is C16H12Cl2N2O2S. The molecule has 0 saturated carbocycles. The highest BCUT2D eigenvalue weighted by molar-refractivity contribution is 7.22. The zero-order valence-corrected chi connectivity index (χ0v) is 14.6. The molecule has 0 aliphatic heterocycles. The largest absolute Gasteiger partial charge is 0.495 e. The average Bonchev–Trinajstić information content (AvgIpc) is 2.89. The first-order valence-electron chi connectivity index (χ1n) is 6.69. The highest BCUT2D eigenvalue weighted by Gasteiger charge is 2.13. The first-order valence-corrected chi connectivity index (χ1v) is 8.27. The number of nitrogens with zero attached hydrogens (tertiary/aromatic N) is 1. The van der Waals surface area contributed by atoms with Crippen LogP contribution < -0.4 is 10.1 Å². The summed E-state index contributed by atoms with van der Waals surface area (Å²) in [7, 11) is 1.55. The third-order valence-corrected chi connectivity index (χ3v) is 4.95. The first kappa shape index (κ1) is 16.1. The number of ether oxygens (including phenoxy) is 1. The second kappa shape index (κ2) is 6.35. The van der Waals surface area contributed by atoms with Gasteiger partial charge in [0.1, 0.15) is 5.75 Å². The highest BCUT2D eigenvalue weighted by atomic mass is 35.5. The SMILES string of the molecule is COc1cc2sc(NC(=O)c3ccc(C)c(Cl)c3)nc2cc1Cl. The number of anilines is 1. The molecule has 1 N–H and O–H groups in total. The molecule has 3 rings (SSSR count). The van der Waals surface area contributed by atoms with Crippen LogP contribution in [-0.4, -0.2) is 18.0 Å². The molecule has 0 fully saturated rings. The molecule has 0 unspecified atom stereocenters. The lowest BCUT2D eigenvalue weighted by Crippen LogP contribution is -2.11. The van der Waals surface area contributed by atoms with Gasteiger partial charge in [0.25, 0.3) is 5.91 Å². The lowest BCUT2D eigenvalue weighted by Gasteiger charge is -2.03. The van der Waals surface area contributed by atoms with E-state index in [0.29, 0.717) is 32.0 Å². The molecular weight excluding hydrogens is 355 g/mol. The number of benzene rings is 2. The molecule has 3 aromatic rings. The Labute approximate surface area is 147 Å². The fourth-order valence-electron chi connectivity index (χ4n) is 2.04. The lowest BCUT2D eigenvalue weighted by molar-refractivity contribution is 0.102. The van der Waals surface area contributed by atoms with E-state index in [1.54, 1.807) is 37.4 Å². The van der Waals surface area contributed by atoms with Crippen LogP contribution >= 0.6 is 34.5 Å². The quantitative estimate of drug-likeness (QED) is 0.695. The number of thiazole rings is 1. The number of halogens is 2. The molecule has 0 bridgehead atoms. The van der Waals surface area contributed by atoms with E-state index in [4.69, 9.17) is 27.9 Å². The van der Waals surface area contributed by atoms with E-state index in [1.165, 1.54) is 11.3 Å². The van der Waals surface area contributed by atoms with Gasteiger partial charge in [-0.3, -0.25) is 10.1 Å². The summed E-state index contributed by atoms with van der Waals surface area (Å²) in [6.45, 7) is 1.88. The second-order valence-electron chi connectivity index (χ2n) is 4.89. The van der Waals surface area contributed by atoms with Gasteiger partial charge in [-0.25, -0.2) is 4.98 Å². The van der Waals surface area contributed by atoms with Gasteiger partial charge in [0, 0.05) is 16.7 Å². The Kier molecular flexibility index (Phi) is 4.43. The smallest absolute Gasteiger partial charge is 0.257 e. The van der Waals surface area contributed by atoms with Crippen molar-refractivity contribution < 1.29 is 9.53 Å². The summed E-state index contributed by atoms with van der Waals surface area (Å²) in [5, 5.41) is 4.30. The number of amides is 1. The Bertz CT molecular complexity index is 908. The van der Waals surface area contributed by atoms with E-state index in [1.807, 2.05) is 6.92 Å². The number of hydrogen-bond acceptors (Lipinski definition) is 4. The summed E-state index contributed by atoms with van der Waals surface area (Å²) in [4.78, 5) is 16.7. The second-order valence-corrected chi connectivity index (χ2v) is 6.74. The van der Waals surface area contributed by atoms with Gasteiger partial charge in [-0.1, -0.05) is 40.6 Å². The van der Waals surface area contributed by atoms with Crippen LogP contribution in [0.25, 0.3) is 10.2 Å². The summed E-state index contributed by atoms with van der Waals surface area (Å²) in [5.74, 6) is 0.315. The number of aromatic nitrogens is 1. The molecule has 118 valence electrons. The van der Waals surface area contributed by atoms with Gasteiger partial charge < -0.3 is 4.74 Å². The van der Waals surface area contributed by atoms with Crippen LogP contribution in [0.4, 0.5) is 5.13 Å². The zero-order chi connectivity index (χ0) is 16.6. The van der Waals surface area contributed by atoms with Gasteiger partial charge in [-0.05, 0) is 30.7 Å². The number of carbonyl (C=O) groups is 1. The van der Waals surface area contributed by atoms with Gasteiger partial charge in [-0.2, -0.15) is 0 Å². The number of aryl methyl sites for hydroxylation is 1. The van der Waals surface area contributed by atoms with Crippen LogP contribution in [0.3, 0.4) is 0 Å². The number of carbonyl (C=O) groups excluding carboxylic acids is 1. The molecule has 2 aromatic carbocycles. The van der Waals surface area contributed by atoms with Gasteiger partial charge in [0.2, 0.25) is 0 Å². The minimum absolute atomic E-state index is 0.260. The number of rotatable bonds is 3. The third-order valence-electron chi connectivity index (χ3n) is 3.32. The molecule has 0 atom stereocenters. The number of fused-ring (bicyclic) bond motifs is 1. The molecule has 4 nitrogen and oxygen atoms in total. The minimum Gasteiger partial charge on any atom is -0.495 e. The van der Waals surface area contributed by atoms with E-state index in [2.05, 4.69) is 10.3 Å². The van der Waals surface area contributed by atoms with Crippen LogP contribution in [-0.2, 0) is 0 Å². The Morgan fingerprint density at radius 2 is 2.00 bits per heavy atom. The van der Waals surface area contributed by atoms with Crippen LogP contribution in [0.1, 0.15) is 15.9 Å². The maximum atomic E-state index is 12.3. The Hall–Kier alpha value is -1.82. The third kappa shape index (κ3) is 3.27. The summed E-state index contributed by atoms with van der Waals surface area (Å²) >= 11 is 13.5. The van der Waals surface area contributed by atoms with E-state index in [9.17, 15) is 4.79 Å². The van der Waals surface area contributed by atoms with Gasteiger partial charge >= 0.3 is 0 Å². The van der Waals surface area contributed by atoms with Crippen molar-refractivity contribution in [1.82, 2.24) is 4.98 Å². The average molecular weight is 367 g/mol. The van der Waals surface area contributed by atoms with Crippen molar-refractivity contribution in [2.24, 2.45) is 0 Å². The topological polar surface area (TPSA) is 51.2 Å². The summed E-state index contributed by atoms with van der Waals surface area (Å²) in [6, 6.07) is 8.68. The van der Waals surface area contributed by atoms with Crippen molar-refractivity contribution in [2.75, 3.05) is 12.4 Å². The van der Waals surface area contributed by atoms with Gasteiger partial charge in [-0.15, -0.1) is 0 Å². The normalized spacial score (nSPS) is 10.8. The fourth-order valence-corrected chi connectivity index (χ4v) is 3.33. The molecule has 0 spiro atoms. The molecule has 23 heavy (non-hydrogen) atoms. The lowest BCUT2D eigenvalue weighted by atomic mass is 10.1. The molecule has 0 radical (unpaired) electrons. The maximum absolute atomic E-state index is 12.3. The molecule has 7 heteroatoms. The summed E-state index contributed by atoms with van der Waals surface area (Å²) < 4.78 is 6.06. The van der Waals surface area contributed by atoms with Crippen molar-refractivity contribution in [3.05, 3.63) is 51.5 Å². The van der Waals surface area contributed by atoms with Gasteiger partial charge in [0.05, 0.1) is 22.3 Å². The van der Waals surface area contributed by atoms with Crippen molar-refractivity contribution in [3.8, 4) is 5.75 Å². The van der Waals surface area contributed by atoms with E-state index in [0.717, 1.165) is 10.3 Å². The van der Waals surface area contributed by atoms with Crippen LogP contribution in [0, 0.1) is 6.92 Å². The molecule has 0 saturated heterocycles. The van der Waals surface area contributed by atoms with Crippen LogP contribution in [0.15, 0.2) is 30.3 Å². The molecule has 0 aliphatic rings.